The van der Waals surface area contributed by atoms with E-state index in [0.717, 1.165) is 53.4 Å². The summed E-state index contributed by atoms with van der Waals surface area (Å²) in [5, 5.41) is 0. The van der Waals surface area contributed by atoms with Crippen LogP contribution in [0.25, 0.3) is 0 Å². The van der Waals surface area contributed by atoms with Gasteiger partial charge in [0.05, 0.1) is 33.4 Å². The summed E-state index contributed by atoms with van der Waals surface area (Å²) in [6, 6.07) is 9.05. The second kappa shape index (κ2) is 5.55. The van der Waals surface area contributed by atoms with E-state index in [1.165, 1.54) is 22.3 Å². The van der Waals surface area contributed by atoms with Crippen LogP contribution in [0.4, 0.5) is 0 Å². The monoisotopic (exact) mass is 354 g/mol. The van der Waals surface area contributed by atoms with Crippen LogP contribution in [0.3, 0.4) is 0 Å². The zero-order valence-electron chi connectivity index (χ0n) is 15.5. The van der Waals surface area contributed by atoms with Gasteiger partial charge in [-0.05, 0) is 29.3 Å². The number of ether oxygens (including phenoxy) is 4. The number of fused-ring (bicyclic) bond motifs is 5. The van der Waals surface area contributed by atoms with Crippen LogP contribution in [0.2, 0.25) is 0 Å². The number of methoxy groups -OCH3 is 2. The molecule has 5 nitrogen and oxygen atoms in total. The molecule has 3 heterocycles. The van der Waals surface area contributed by atoms with Gasteiger partial charge in [-0.1, -0.05) is 6.07 Å². The Morgan fingerprint density at radius 3 is 2.62 bits per heavy atom. The lowest BCUT2D eigenvalue weighted by Crippen LogP contribution is -2.53. The first-order chi connectivity index (χ1) is 12.6. The maximum Gasteiger partial charge on any atom is 0.231 e. The molecule has 3 aliphatic rings. The van der Waals surface area contributed by atoms with Crippen LogP contribution in [0.1, 0.15) is 28.3 Å². The number of likely N-dealkylation sites (N-methyl/N-ethyl adjacent to an activating group) is 1. The summed E-state index contributed by atoms with van der Waals surface area (Å²) in [7, 11) is 5.79. The topological polar surface area (TPSA) is 36.9 Å². The molecule has 0 radical (unpaired) electrons. The van der Waals surface area contributed by atoms with Gasteiger partial charge < -0.3 is 23.4 Å². The van der Waals surface area contributed by atoms with Crippen molar-refractivity contribution in [3.05, 3.63) is 46.5 Å². The van der Waals surface area contributed by atoms with Gasteiger partial charge in [0.25, 0.3) is 0 Å². The van der Waals surface area contributed by atoms with E-state index in [1.807, 2.05) is 6.07 Å². The van der Waals surface area contributed by atoms with Crippen molar-refractivity contribution in [1.82, 2.24) is 0 Å². The van der Waals surface area contributed by atoms with Gasteiger partial charge in [-0.2, -0.15) is 0 Å². The Hall–Kier alpha value is -2.40. The third-order valence-corrected chi connectivity index (χ3v) is 6.32. The third kappa shape index (κ3) is 2.13. The number of rotatable bonds is 2. The van der Waals surface area contributed by atoms with Crippen LogP contribution in [0, 0.1) is 0 Å². The molecule has 2 atom stereocenters. The van der Waals surface area contributed by atoms with Gasteiger partial charge in [0.15, 0.2) is 23.0 Å². The zero-order chi connectivity index (χ0) is 17.9. The largest absolute Gasteiger partial charge is 0.493 e. The van der Waals surface area contributed by atoms with Gasteiger partial charge in [-0.15, -0.1) is 0 Å². The average Bonchev–Trinajstić information content (AvgIpc) is 3.11. The summed E-state index contributed by atoms with van der Waals surface area (Å²) in [5.41, 5.74) is 5.45. The second-order valence-electron chi connectivity index (χ2n) is 7.67. The molecule has 1 unspecified atom stereocenters. The van der Waals surface area contributed by atoms with Gasteiger partial charge in [-0.25, -0.2) is 0 Å². The van der Waals surface area contributed by atoms with Crippen molar-refractivity contribution in [3.63, 3.8) is 0 Å². The van der Waals surface area contributed by atoms with Crippen molar-refractivity contribution >= 4 is 0 Å². The van der Waals surface area contributed by atoms with Crippen molar-refractivity contribution in [3.8, 4) is 23.0 Å². The molecular weight excluding hydrogens is 330 g/mol. The highest BCUT2D eigenvalue weighted by Gasteiger charge is 2.45. The number of hydrogen-bond donors (Lipinski definition) is 0. The Bertz CT molecular complexity index is 894. The molecule has 0 aliphatic carbocycles. The highest BCUT2D eigenvalue weighted by Crippen LogP contribution is 2.49. The lowest BCUT2D eigenvalue weighted by atomic mass is 9.81. The molecule has 0 saturated carbocycles. The zero-order valence-corrected chi connectivity index (χ0v) is 15.5. The average molecular weight is 354 g/mol. The Morgan fingerprint density at radius 2 is 1.85 bits per heavy atom. The van der Waals surface area contributed by atoms with Crippen molar-refractivity contribution in [2.45, 2.75) is 25.4 Å². The number of benzene rings is 2. The Labute approximate surface area is 153 Å². The van der Waals surface area contributed by atoms with Gasteiger partial charge >= 0.3 is 0 Å². The number of hydrogen-bond acceptors (Lipinski definition) is 4. The van der Waals surface area contributed by atoms with Crippen LogP contribution >= 0.6 is 0 Å². The molecule has 5 rings (SSSR count). The van der Waals surface area contributed by atoms with Crippen LogP contribution < -0.4 is 18.9 Å². The van der Waals surface area contributed by atoms with Crippen molar-refractivity contribution < 1.29 is 23.4 Å². The first kappa shape index (κ1) is 15.8. The molecule has 0 spiro atoms. The molecule has 26 heavy (non-hydrogen) atoms. The predicted octanol–water partition coefficient (Wildman–Crippen LogP) is 3.23. The van der Waals surface area contributed by atoms with Crippen LogP contribution in [0.15, 0.2) is 24.3 Å². The molecule has 0 amide bonds. The molecule has 0 N–H and O–H groups in total. The SMILES string of the molecule is COc1ccc2c(c1OC)C[N@@+]1(C)CCc3cc4c(cc3C1C2)OCO4. The van der Waals surface area contributed by atoms with E-state index in [0.29, 0.717) is 12.8 Å². The predicted molar refractivity (Wildman–Crippen MR) is 97.0 cm³/mol. The van der Waals surface area contributed by atoms with Gasteiger partial charge in [0.1, 0.15) is 12.6 Å². The molecule has 0 aromatic heterocycles. The van der Waals surface area contributed by atoms with Crippen LogP contribution in [0.5, 0.6) is 23.0 Å². The minimum atomic E-state index is 0.328. The standard InChI is InChI=1S/C21H24NO4/c1-22-7-6-14-9-19-20(26-12-25-19)10-15(14)17(22)8-13-4-5-18(23-2)21(24-3)16(13)11-22/h4-5,9-10,17H,6-8,11-12H2,1-3H3/q+1/t17?,22-/m1/s1. The Kier molecular flexibility index (Phi) is 3.38. The second-order valence-corrected chi connectivity index (χ2v) is 7.67. The summed E-state index contributed by atoms with van der Waals surface area (Å²) in [5.74, 6) is 3.48. The van der Waals surface area contributed by atoms with Crippen LogP contribution in [-0.2, 0) is 19.4 Å². The molecule has 0 saturated heterocycles. The quantitative estimate of drug-likeness (QED) is 0.776. The molecule has 2 aromatic rings. The smallest absolute Gasteiger partial charge is 0.231 e. The van der Waals surface area contributed by atoms with E-state index in [9.17, 15) is 0 Å². The third-order valence-electron chi connectivity index (χ3n) is 6.32. The minimum absolute atomic E-state index is 0.328. The molecule has 0 fully saturated rings. The number of quaternary nitrogens is 1. The highest BCUT2D eigenvalue weighted by atomic mass is 16.7. The fourth-order valence-corrected chi connectivity index (χ4v) is 4.88. The molecule has 3 aliphatic heterocycles. The fourth-order valence-electron chi connectivity index (χ4n) is 4.88. The van der Waals surface area contributed by atoms with E-state index in [1.54, 1.807) is 14.2 Å². The summed E-state index contributed by atoms with van der Waals surface area (Å²) < 4.78 is 23.5. The van der Waals surface area contributed by atoms with E-state index >= 15 is 0 Å². The summed E-state index contributed by atoms with van der Waals surface area (Å²) in [4.78, 5) is 0. The fraction of sp³-hybridized carbons (Fsp3) is 0.429. The lowest BCUT2D eigenvalue weighted by molar-refractivity contribution is -0.956. The van der Waals surface area contributed by atoms with E-state index < -0.39 is 0 Å². The lowest BCUT2D eigenvalue weighted by Gasteiger charge is -2.49. The van der Waals surface area contributed by atoms with Crippen LogP contribution in [-0.4, -0.2) is 39.1 Å². The Morgan fingerprint density at radius 1 is 1.04 bits per heavy atom. The van der Waals surface area contributed by atoms with E-state index in [4.69, 9.17) is 18.9 Å². The molecule has 5 heteroatoms. The van der Waals surface area contributed by atoms with Gasteiger partial charge in [0.2, 0.25) is 6.79 Å². The minimum Gasteiger partial charge on any atom is -0.493 e. The molecule has 136 valence electrons. The first-order valence-electron chi connectivity index (χ1n) is 9.12. The van der Waals surface area contributed by atoms with Gasteiger partial charge in [-0.3, -0.25) is 0 Å². The Balaban J connectivity index is 1.62. The number of nitrogens with zero attached hydrogens (tertiary/aromatic N) is 1. The maximum atomic E-state index is 5.72. The normalized spacial score (nSPS) is 25.1. The van der Waals surface area contributed by atoms with Crippen molar-refractivity contribution in [2.75, 3.05) is 34.6 Å². The summed E-state index contributed by atoms with van der Waals surface area (Å²) >= 11 is 0. The summed E-state index contributed by atoms with van der Waals surface area (Å²) in [6.07, 6.45) is 2.05. The molecule has 2 aromatic carbocycles. The van der Waals surface area contributed by atoms with Crippen molar-refractivity contribution in [2.24, 2.45) is 0 Å². The highest BCUT2D eigenvalue weighted by molar-refractivity contribution is 5.54. The van der Waals surface area contributed by atoms with Crippen molar-refractivity contribution in [1.29, 1.82) is 0 Å². The maximum absolute atomic E-state index is 5.72. The van der Waals surface area contributed by atoms with E-state index in [-0.39, 0.29) is 0 Å². The summed E-state index contributed by atoms with van der Waals surface area (Å²) in [6.45, 7) is 2.39. The van der Waals surface area contributed by atoms with E-state index in [2.05, 4.69) is 25.2 Å². The van der Waals surface area contributed by atoms with Gasteiger partial charge in [0, 0.05) is 18.4 Å². The first-order valence-corrected chi connectivity index (χ1v) is 9.12. The molecule has 0 bridgehead atoms. The molecular formula is C21H24NO4+.